The molecule has 0 unspecified atom stereocenters. The highest BCUT2D eigenvalue weighted by atomic mass is 32.2. The van der Waals surface area contributed by atoms with E-state index >= 15 is 0 Å². The molecule has 1 aromatic carbocycles. The van der Waals surface area contributed by atoms with Crippen molar-refractivity contribution in [3.63, 3.8) is 0 Å². The predicted octanol–water partition coefficient (Wildman–Crippen LogP) is 2.90. The molecule has 0 saturated carbocycles. The number of carboxylic acid groups (broad SMARTS) is 1. The summed E-state index contributed by atoms with van der Waals surface area (Å²) in [5, 5.41) is 8.98. The molecule has 0 heterocycles. The van der Waals surface area contributed by atoms with E-state index < -0.39 is 11.4 Å². The lowest BCUT2D eigenvalue weighted by molar-refractivity contribution is -0.145. The Bertz CT molecular complexity index is 374. The Morgan fingerprint density at radius 1 is 1.50 bits per heavy atom. The highest BCUT2D eigenvalue weighted by Gasteiger charge is 2.27. The maximum atomic E-state index is 10.9. The molecule has 1 rings (SSSR count). The monoisotopic (exact) mass is 240 g/mol. The number of aliphatic carboxylic acids is 1. The molecule has 0 aromatic heterocycles. The minimum Gasteiger partial charge on any atom is -0.497 e. The van der Waals surface area contributed by atoms with Crippen molar-refractivity contribution in [1.29, 1.82) is 0 Å². The van der Waals surface area contributed by atoms with Crippen molar-refractivity contribution in [1.82, 2.24) is 0 Å². The topological polar surface area (TPSA) is 46.5 Å². The lowest BCUT2D eigenvalue weighted by Gasteiger charge is -2.18. The summed E-state index contributed by atoms with van der Waals surface area (Å²) in [5.74, 6) is 0.552. The molecule has 0 aliphatic carbocycles. The second-order valence-corrected chi connectivity index (χ2v) is 5.21. The first kappa shape index (κ1) is 12.9. The van der Waals surface area contributed by atoms with Gasteiger partial charge in [0.1, 0.15) is 5.75 Å². The SMILES string of the molecule is COc1cccc(SCC(C)(C)C(=O)O)c1. The third-order valence-corrected chi connectivity index (χ3v) is 3.67. The van der Waals surface area contributed by atoms with Gasteiger partial charge in [-0.05, 0) is 32.0 Å². The van der Waals surface area contributed by atoms with Gasteiger partial charge in [-0.1, -0.05) is 6.07 Å². The molecule has 0 fully saturated rings. The minimum absolute atomic E-state index is 0.537. The van der Waals surface area contributed by atoms with Crippen LogP contribution in [0.1, 0.15) is 13.8 Å². The van der Waals surface area contributed by atoms with E-state index in [0.717, 1.165) is 10.6 Å². The Kier molecular flexibility index (Phi) is 4.24. The number of hydrogen-bond acceptors (Lipinski definition) is 3. The van der Waals surface area contributed by atoms with Crippen molar-refractivity contribution in [3.05, 3.63) is 24.3 Å². The van der Waals surface area contributed by atoms with E-state index in [4.69, 9.17) is 9.84 Å². The fourth-order valence-electron chi connectivity index (χ4n) is 1.02. The van der Waals surface area contributed by atoms with Gasteiger partial charge in [-0.25, -0.2) is 0 Å². The van der Waals surface area contributed by atoms with Crippen LogP contribution in [0, 0.1) is 5.41 Å². The van der Waals surface area contributed by atoms with Crippen LogP contribution in [-0.2, 0) is 4.79 Å². The summed E-state index contributed by atoms with van der Waals surface area (Å²) < 4.78 is 5.10. The Hall–Kier alpha value is -1.16. The van der Waals surface area contributed by atoms with Crippen molar-refractivity contribution in [2.45, 2.75) is 18.7 Å². The van der Waals surface area contributed by atoms with Crippen LogP contribution in [0.4, 0.5) is 0 Å². The smallest absolute Gasteiger partial charge is 0.309 e. The minimum atomic E-state index is -0.775. The first-order valence-corrected chi connectivity index (χ1v) is 5.94. The highest BCUT2D eigenvalue weighted by molar-refractivity contribution is 7.99. The van der Waals surface area contributed by atoms with E-state index in [0.29, 0.717) is 5.75 Å². The number of hydrogen-bond donors (Lipinski definition) is 1. The molecule has 1 N–H and O–H groups in total. The number of methoxy groups -OCH3 is 1. The van der Waals surface area contributed by atoms with E-state index in [2.05, 4.69) is 0 Å². The highest BCUT2D eigenvalue weighted by Crippen LogP contribution is 2.29. The van der Waals surface area contributed by atoms with Crippen LogP contribution in [0.15, 0.2) is 29.2 Å². The lowest BCUT2D eigenvalue weighted by Crippen LogP contribution is -2.26. The largest absolute Gasteiger partial charge is 0.497 e. The molecule has 1 aromatic rings. The molecule has 3 nitrogen and oxygen atoms in total. The third-order valence-electron chi connectivity index (χ3n) is 2.22. The Balaban J connectivity index is 2.64. The Morgan fingerprint density at radius 3 is 2.75 bits per heavy atom. The zero-order valence-electron chi connectivity index (χ0n) is 9.69. The molecule has 0 aliphatic rings. The van der Waals surface area contributed by atoms with E-state index in [1.165, 1.54) is 11.8 Å². The normalized spacial score (nSPS) is 11.2. The average Bonchev–Trinajstić information content (AvgIpc) is 2.26. The van der Waals surface area contributed by atoms with Gasteiger partial charge in [0.05, 0.1) is 12.5 Å². The van der Waals surface area contributed by atoms with Crippen LogP contribution in [0.2, 0.25) is 0 Å². The van der Waals surface area contributed by atoms with Crippen molar-refractivity contribution in [2.75, 3.05) is 12.9 Å². The number of carboxylic acids is 1. The van der Waals surface area contributed by atoms with Gasteiger partial charge in [0.15, 0.2) is 0 Å². The molecule has 0 saturated heterocycles. The molecular formula is C12H16O3S. The molecule has 16 heavy (non-hydrogen) atoms. The lowest BCUT2D eigenvalue weighted by atomic mass is 9.97. The standard InChI is InChI=1S/C12H16O3S/c1-12(2,11(13)14)8-16-10-6-4-5-9(7-10)15-3/h4-7H,8H2,1-3H3,(H,13,14). The number of carbonyl (C=O) groups is 1. The van der Waals surface area contributed by atoms with E-state index in [-0.39, 0.29) is 0 Å². The van der Waals surface area contributed by atoms with Gasteiger partial charge in [-0.2, -0.15) is 0 Å². The fourth-order valence-corrected chi connectivity index (χ4v) is 2.04. The first-order valence-electron chi connectivity index (χ1n) is 4.96. The number of benzene rings is 1. The van der Waals surface area contributed by atoms with Gasteiger partial charge in [0, 0.05) is 10.6 Å². The van der Waals surface area contributed by atoms with Gasteiger partial charge in [0.2, 0.25) is 0 Å². The van der Waals surface area contributed by atoms with E-state index in [1.807, 2.05) is 24.3 Å². The average molecular weight is 240 g/mol. The maximum Gasteiger partial charge on any atom is 0.309 e. The summed E-state index contributed by atoms with van der Waals surface area (Å²) in [4.78, 5) is 11.9. The van der Waals surface area contributed by atoms with Gasteiger partial charge in [-0.15, -0.1) is 11.8 Å². The summed E-state index contributed by atoms with van der Waals surface area (Å²) in [6.45, 7) is 3.45. The molecule has 0 amide bonds. The van der Waals surface area contributed by atoms with Crippen LogP contribution >= 0.6 is 11.8 Å². The molecule has 0 atom stereocenters. The molecule has 0 spiro atoms. The second kappa shape index (κ2) is 5.25. The number of thioether (sulfide) groups is 1. The molecule has 0 radical (unpaired) electrons. The zero-order chi connectivity index (χ0) is 12.2. The van der Waals surface area contributed by atoms with Crippen molar-refractivity contribution in [3.8, 4) is 5.75 Å². The summed E-state index contributed by atoms with van der Waals surface area (Å²) >= 11 is 1.52. The first-order chi connectivity index (χ1) is 7.45. The summed E-state index contributed by atoms with van der Waals surface area (Å²) in [6.07, 6.45) is 0. The van der Waals surface area contributed by atoms with Crippen LogP contribution in [-0.4, -0.2) is 23.9 Å². The summed E-state index contributed by atoms with van der Waals surface area (Å²) in [6, 6.07) is 7.62. The van der Waals surface area contributed by atoms with Gasteiger partial charge >= 0.3 is 5.97 Å². The van der Waals surface area contributed by atoms with Gasteiger partial charge in [-0.3, -0.25) is 4.79 Å². The summed E-state index contributed by atoms with van der Waals surface area (Å²) in [7, 11) is 1.62. The van der Waals surface area contributed by atoms with Crippen molar-refractivity contribution in [2.24, 2.45) is 5.41 Å². The van der Waals surface area contributed by atoms with Crippen LogP contribution in [0.25, 0.3) is 0 Å². The Morgan fingerprint density at radius 2 is 2.19 bits per heavy atom. The second-order valence-electron chi connectivity index (χ2n) is 4.16. The fraction of sp³-hybridized carbons (Fsp3) is 0.417. The molecule has 0 bridgehead atoms. The van der Waals surface area contributed by atoms with Crippen molar-refractivity contribution >= 4 is 17.7 Å². The molecule has 4 heteroatoms. The van der Waals surface area contributed by atoms with E-state index in [1.54, 1.807) is 21.0 Å². The number of rotatable bonds is 5. The van der Waals surface area contributed by atoms with E-state index in [9.17, 15) is 4.79 Å². The van der Waals surface area contributed by atoms with Crippen LogP contribution in [0.3, 0.4) is 0 Å². The van der Waals surface area contributed by atoms with Gasteiger partial charge < -0.3 is 9.84 Å². The summed E-state index contributed by atoms with van der Waals surface area (Å²) in [5.41, 5.74) is -0.715. The zero-order valence-corrected chi connectivity index (χ0v) is 10.5. The van der Waals surface area contributed by atoms with Crippen LogP contribution < -0.4 is 4.74 Å². The van der Waals surface area contributed by atoms with Crippen LogP contribution in [0.5, 0.6) is 5.75 Å². The van der Waals surface area contributed by atoms with Crippen molar-refractivity contribution < 1.29 is 14.6 Å². The molecular weight excluding hydrogens is 224 g/mol. The van der Waals surface area contributed by atoms with Gasteiger partial charge in [0.25, 0.3) is 0 Å². The predicted molar refractivity (Wildman–Crippen MR) is 65.1 cm³/mol. The Labute approximate surface area is 99.8 Å². The number of ether oxygens (including phenoxy) is 1. The third kappa shape index (κ3) is 3.45. The quantitative estimate of drug-likeness (QED) is 0.804. The molecule has 0 aliphatic heterocycles. The maximum absolute atomic E-state index is 10.9. The molecule has 88 valence electrons.